The summed E-state index contributed by atoms with van der Waals surface area (Å²) < 4.78 is 1.02. The number of oxime groups is 1. The van der Waals surface area contributed by atoms with Crippen LogP contribution >= 0.6 is 27.7 Å². The average molecular weight is 258 g/mol. The van der Waals surface area contributed by atoms with Crippen LogP contribution in [0.15, 0.2) is 32.7 Å². The Morgan fingerprint density at radius 1 is 1.46 bits per heavy atom. The second-order valence-electron chi connectivity index (χ2n) is 2.79. The minimum atomic E-state index is 0.787. The smallest absolute Gasteiger partial charge is 0.0887 e. The monoisotopic (exact) mass is 257 g/mol. The summed E-state index contributed by atoms with van der Waals surface area (Å²) in [5.74, 6) is 0.994. The van der Waals surface area contributed by atoms with Crippen molar-refractivity contribution in [3.63, 3.8) is 0 Å². The van der Waals surface area contributed by atoms with Crippen LogP contribution in [-0.2, 0) is 0 Å². The van der Waals surface area contributed by atoms with E-state index < -0.39 is 0 Å². The molecule has 2 nitrogen and oxygen atoms in total. The first-order valence-corrected chi connectivity index (χ1v) is 5.73. The average Bonchev–Trinajstić information content (AvgIpc) is 2.17. The first kappa shape index (κ1) is 9.09. The summed E-state index contributed by atoms with van der Waals surface area (Å²) >= 11 is 5.20. The molecule has 0 saturated heterocycles. The fraction of sp³-hybridized carbons (Fsp3) is 0.222. The van der Waals surface area contributed by atoms with Gasteiger partial charge in [0.05, 0.1) is 5.71 Å². The Morgan fingerprint density at radius 3 is 3.08 bits per heavy atom. The summed E-state index contributed by atoms with van der Waals surface area (Å²) in [5, 5.41) is 12.1. The second kappa shape index (κ2) is 3.72. The maximum atomic E-state index is 8.79. The van der Waals surface area contributed by atoms with Crippen molar-refractivity contribution in [3.8, 4) is 0 Å². The quantitative estimate of drug-likeness (QED) is 0.572. The number of hydrogen-bond donors (Lipinski definition) is 1. The molecule has 0 aromatic heterocycles. The molecule has 0 amide bonds. The molecule has 1 aliphatic rings. The lowest BCUT2D eigenvalue weighted by atomic mass is 10.1. The Bertz CT molecular complexity index is 365. The van der Waals surface area contributed by atoms with Gasteiger partial charge < -0.3 is 5.21 Å². The Morgan fingerprint density at radius 2 is 2.31 bits per heavy atom. The lowest BCUT2D eigenvalue weighted by Gasteiger charge is -2.15. The normalized spacial score (nSPS) is 18.7. The highest BCUT2D eigenvalue weighted by Crippen LogP contribution is 2.31. The van der Waals surface area contributed by atoms with Crippen LogP contribution in [0.2, 0.25) is 0 Å². The number of nitrogens with zero attached hydrogens (tertiary/aromatic N) is 1. The third kappa shape index (κ3) is 1.74. The molecule has 1 aliphatic heterocycles. The predicted molar refractivity (Wildman–Crippen MR) is 57.8 cm³/mol. The Kier molecular flexibility index (Phi) is 2.60. The van der Waals surface area contributed by atoms with E-state index in [2.05, 4.69) is 27.2 Å². The fourth-order valence-corrected chi connectivity index (χ4v) is 2.72. The number of rotatable bonds is 0. The molecule has 1 aromatic rings. The van der Waals surface area contributed by atoms with E-state index in [0.29, 0.717) is 0 Å². The Labute approximate surface area is 89.2 Å². The first-order valence-electron chi connectivity index (χ1n) is 3.95. The van der Waals surface area contributed by atoms with E-state index in [0.717, 1.165) is 27.9 Å². The van der Waals surface area contributed by atoms with Crippen LogP contribution in [0.1, 0.15) is 12.0 Å². The van der Waals surface area contributed by atoms with E-state index in [-0.39, 0.29) is 0 Å². The minimum absolute atomic E-state index is 0.787. The summed E-state index contributed by atoms with van der Waals surface area (Å²) in [4.78, 5) is 1.20. The van der Waals surface area contributed by atoms with Crippen LogP contribution in [0, 0.1) is 0 Å². The SMILES string of the molecule is O/N=C1/CCSc2ccc(Br)cc21. The molecule has 13 heavy (non-hydrogen) atoms. The van der Waals surface area contributed by atoms with Crippen molar-refractivity contribution in [2.45, 2.75) is 11.3 Å². The fourth-order valence-electron chi connectivity index (χ4n) is 1.35. The first-order chi connectivity index (χ1) is 6.31. The largest absolute Gasteiger partial charge is 0.411 e. The van der Waals surface area contributed by atoms with E-state index in [9.17, 15) is 0 Å². The lowest BCUT2D eigenvalue weighted by molar-refractivity contribution is 0.318. The van der Waals surface area contributed by atoms with Crippen molar-refractivity contribution in [1.82, 2.24) is 0 Å². The molecular weight excluding hydrogens is 250 g/mol. The van der Waals surface area contributed by atoms with Crippen molar-refractivity contribution in [2.75, 3.05) is 5.75 Å². The number of benzene rings is 1. The van der Waals surface area contributed by atoms with Gasteiger partial charge in [0.25, 0.3) is 0 Å². The molecule has 4 heteroatoms. The van der Waals surface area contributed by atoms with Crippen LogP contribution in [0.4, 0.5) is 0 Å². The standard InChI is InChI=1S/C9H8BrNOS/c10-6-1-2-9-7(5-6)8(11-12)3-4-13-9/h1-2,5,12H,3-4H2/b11-8-. The zero-order valence-electron chi connectivity index (χ0n) is 6.83. The molecule has 2 rings (SSSR count). The third-order valence-corrected chi connectivity index (χ3v) is 3.54. The Balaban J connectivity index is 2.54. The summed E-state index contributed by atoms with van der Waals surface area (Å²) in [5.41, 5.74) is 1.84. The molecule has 0 fully saturated rings. The van der Waals surface area contributed by atoms with Gasteiger partial charge in [-0.15, -0.1) is 11.8 Å². The van der Waals surface area contributed by atoms with Crippen molar-refractivity contribution in [3.05, 3.63) is 28.2 Å². The zero-order chi connectivity index (χ0) is 9.26. The highest BCUT2D eigenvalue weighted by atomic mass is 79.9. The van der Waals surface area contributed by atoms with Crippen LogP contribution < -0.4 is 0 Å². The van der Waals surface area contributed by atoms with Gasteiger partial charge in [-0.2, -0.15) is 0 Å². The van der Waals surface area contributed by atoms with E-state index in [1.54, 1.807) is 11.8 Å². The maximum Gasteiger partial charge on any atom is 0.0887 e. The molecule has 0 atom stereocenters. The van der Waals surface area contributed by atoms with Crippen LogP contribution in [0.5, 0.6) is 0 Å². The highest BCUT2D eigenvalue weighted by Gasteiger charge is 2.16. The second-order valence-corrected chi connectivity index (χ2v) is 4.84. The lowest BCUT2D eigenvalue weighted by Crippen LogP contribution is -2.09. The molecule has 1 aromatic carbocycles. The molecule has 0 unspecified atom stereocenters. The zero-order valence-corrected chi connectivity index (χ0v) is 9.23. The van der Waals surface area contributed by atoms with Gasteiger partial charge in [0.2, 0.25) is 0 Å². The van der Waals surface area contributed by atoms with Crippen molar-refractivity contribution < 1.29 is 5.21 Å². The topological polar surface area (TPSA) is 32.6 Å². The van der Waals surface area contributed by atoms with Crippen LogP contribution in [-0.4, -0.2) is 16.7 Å². The van der Waals surface area contributed by atoms with E-state index in [1.807, 2.05) is 12.1 Å². The number of halogens is 1. The van der Waals surface area contributed by atoms with Gasteiger partial charge in [-0.1, -0.05) is 21.1 Å². The van der Waals surface area contributed by atoms with Crippen LogP contribution in [0.25, 0.3) is 0 Å². The van der Waals surface area contributed by atoms with Gasteiger partial charge >= 0.3 is 0 Å². The van der Waals surface area contributed by atoms with Gasteiger partial charge in [-0.25, -0.2) is 0 Å². The van der Waals surface area contributed by atoms with E-state index >= 15 is 0 Å². The molecule has 0 spiro atoms. The van der Waals surface area contributed by atoms with Crippen molar-refractivity contribution in [1.29, 1.82) is 0 Å². The third-order valence-electron chi connectivity index (χ3n) is 1.97. The van der Waals surface area contributed by atoms with Gasteiger partial charge in [0, 0.05) is 27.1 Å². The number of hydrogen-bond acceptors (Lipinski definition) is 3. The van der Waals surface area contributed by atoms with Gasteiger partial charge in [0.15, 0.2) is 0 Å². The number of fused-ring (bicyclic) bond motifs is 1. The van der Waals surface area contributed by atoms with Gasteiger partial charge in [-0.3, -0.25) is 0 Å². The summed E-state index contributed by atoms with van der Waals surface area (Å²) in [6.45, 7) is 0. The molecular formula is C9H8BrNOS. The Hall–Kier alpha value is -0.480. The molecule has 68 valence electrons. The number of thioether (sulfide) groups is 1. The van der Waals surface area contributed by atoms with E-state index in [1.165, 1.54) is 4.90 Å². The minimum Gasteiger partial charge on any atom is -0.411 e. The highest BCUT2D eigenvalue weighted by molar-refractivity contribution is 9.10. The molecule has 1 N–H and O–H groups in total. The summed E-state index contributed by atoms with van der Waals surface area (Å²) in [7, 11) is 0. The molecule has 1 heterocycles. The van der Waals surface area contributed by atoms with Crippen molar-refractivity contribution in [2.24, 2.45) is 5.16 Å². The van der Waals surface area contributed by atoms with E-state index in [4.69, 9.17) is 5.21 Å². The summed E-state index contributed by atoms with van der Waals surface area (Å²) in [6, 6.07) is 6.05. The van der Waals surface area contributed by atoms with Crippen molar-refractivity contribution >= 4 is 33.4 Å². The molecule has 0 aliphatic carbocycles. The molecule has 0 saturated carbocycles. The predicted octanol–water partition coefficient (Wildman–Crippen LogP) is 3.12. The van der Waals surface area contributed by atoms with Crippen LogP contribution in [0.3, 0.4) is 0 Å². The maximum absolute atomic E-state index is 8.79. The molecule has 0 radical (unpaired) electrons. The van der Waals surface area contributed by atoms with Gasteiger partial charge in [0.1, 0.15) is 0 Å². The summed E-state index contributed by atoms with van der Waals surface area (Å²) in [6.07, 6.45) is 0.838. The molecule has 0 bridgehead atoms. The van der Waals surface area contributed by atoms with Gasteiger partial charge in [-0.05, 0) is 18.2 Å².